The third-order valence-corrected chi connectivity index (χ3v) is 10.5. The van der Waals surface area contributed by atoms with E-state index in [9.17, 15) is 43.9 Å². The Balaban J connectivity index is 0.000000459. The first kappa shape index (κ1) is 58.1. The van der Waals surface area contributed by atoms with Gasteiger partial charge in [-0.3, -0.25) is 9.11 Å². The molecule has 0 aliphatic heterocycles. The summed E-state index contributed by atoms with van der Waals surface area (Å²) in [4.78, 5) is 0. The predicted molar refractivity (Wildman–Crippen MR) is 243 cm³/mol. The molecule has 0 aromatic heterocycles. The monoisotopic (exact) mass is 1150 g/mol. The summed E-state index contributed by atoms with van der Waals surface area (Å²) >= 11 is 4.79. The highest BCUT2D eigenvalue weighted by molar-refractivity contribution is 14.1. The maximum atomic E-state index is 11.6. The molecule has 4 aromatic rings. The predicted octanol–water partition coefficient (Wildman–Crippen LogP) is 16.1. The molecule has 6 nitrogen and oxygen atoms in total. The molecule has 0 heterocycles. The maximum absolute atomic E-state index is 11.6. The average Bonchev–Trinajstić information content (AvgIpc) is 3.20. The molecule has 0 unspecified atom stereocenters. The van der Waals surface area contributed by atoms with E-state index in [0.29, 0.717) is 0 Å². The first-order chi connectivity index (χ1) is 29.4. The van der Waals surface area contributed by atoms with E-state index in [2.05, 4.69) is 156 Å². The maximum Gasteiger partial charge on any atom is 0.460 e. The van der Waals surface area contributed by atoms with Gasteiger partial charge in [-0.15, -0.1) is 0 Å². The summed E-state index contributed by atoms with van der Waals surface area (Å²) in [6.07, 6.45) is 1.58. The highest BCUT2D eigenvalue weighted by atomic mass is 127. The van der Waals surface area contributed by atoms with E-state index in [1.165, 1.54) is 93.6 Å². The summed E-state index contributed by atoms with van der Waals surface area (Å²) in [7, 11) is -4.67. The van der Waals surface area contributed by atoms with Crippen LogP contribution in [0.3, 0.4) is 0 Å². The first-order valence-electron chi connectivity index (χ1n) is 19.9. The molecule has 19 heteroatoms. The van der Waals surface area contributed by atoms with Crippen LogP contribution in [-0.4, -0.2) is 54.9 Å². The van der Waals surface area contributed by atoms with E-state index >= 15 is 0 Å². The van der Waals surface area contributed by atoms with Crippen molar-refractivity contribution >= 4 is 55.6 Å². The Labute approximate surface area is 390 Å². The summed E-state index contributed by atoms with van der Waals surface area (Å²) in [6, 6.07) is 33.6. The normalized spacial score (nSPS) is 11.9. The smallest absolute Gasteiger partial charge is 0.460 e. The Morgan fingerprint density at radius 2 is 0.746 bits per heavy atom. The second-order valence-corrected chi connectivity index (χ2v) is 17.0. The van der Waals surface area contributed by atoms with Gasteiger partial charge in [0, 0.05) is 18.3 Å². The summed E-state index contributed by atoms with van der Waals surface area (Å²) in [5.41, 5.74) is 4.89. The van der Waals surface area contributed by atoms with Crippen LogP contribution >= 0.6 is 45.2 Å². The molecule has 0 bridgehead atoms. The number of unbranched alkanes of at least 4 members (excludes halogenated alkanes) is 10. The summed E-state index contributed by atoms with van der Waals surface area (Å²) in [5, 5.41) is 0. The van der Waals surface area contributed by atoms with E-state index in [4.69, 9.17) is 27.0 Å². The lowest BCUT2D eigenvalue weighted by Crippen LogP contribution is -2.59. The van der Waals surface area contributed by atoms with Crippen molar-refractivity contribution in [1.82, 2.24) is 0 Å². The van der Waals surface area contributed by atoms with Gasteiger partial charge in [0.25, 0.3) is 0 Å². The van der Waals surface area contributed by atoms with Crippen molar-refractivity contribution in [2.45, 2.75) is 115 Å². The number of hydrogen-bond donors (Lipinski definition) is 2. The lowest BCUT2D eigenvalue weighted by Gasteiger charge is -2.29. The lowest BCUT2D eigenvalue weighted by molar-refractivity contribution is -0.419. The standard InChI is InChI=1S/2C20H25IO.C4F10.H2O4S/c2*1-2-3-4-5-6-10-16-22-19-15-11-14-18(21)20(19)17-12-8-7-9-13-17;5-1(6,3(9,10)11)2(7,8)4(12,13)14;1-5(2,3)4/h2*7-9,11-15H,2-6,10,16H2,1H3;;(H2,1,2,3,4). The fraction of sp³-hybridized carbons (Fsp3) is 0.455. The van der Waals surface area contributed by atoms with Crippen LogP contribution in [-0.2, 0) is 10.4 Å². The average molecular weight is 1150 g/mol. The van der Waals surface area contributed by atoms with Gasteiger partial charge in [0.15, 0.2) is 0 Å². The van der Waals surface area contributed by atoms with Crippen LogP contribution in [0.4, 0.5) is 43.9 Å². The largest absolute Gasteiger partial charge is 0.493 e. The molecule has 0 fully saturated rings. The highest BCUT2D eigenvalue weighted by Gasteiger charge is 2.82. The molecule has 4 rings (SSSR count). The van der Waals surface area contributed by atoms with Crippen molar-refractivity contribution in [3.05, 3.63) is 104 Å². The molecular formula is C44H52F10I2O6S. The fourth-order valence-electron chi connectivity index (χ4n) is 5.50. The molecule has 0 aliphatic rings. The summed E-state index contributed by atoms with van der Waals surface area (Å²) in [6.45, 7) is 6.13. The minimum absolute atomic E-state index is 0.812. The van der Waals surface area contributed by atoms with Crippen LogP contribution in [0.5, 0.6) is 11.5 Å². The molecule has 2 N–H and O–H groups in total. The molecule has 354 valence electrons. The Hall–Kier alpha value is -2.89. The Morgan fingerprint density at radius 1 is 0.460 bits per heavy atom. The second-order valence-electron chi connectivity index (χ2n) is 13.8. The van der Waals surface area contributed by atoms with Crippen LogP contribution in [0.2, 0.25) is 0 Å². The zero-order chi connectivity index (χ0) is 47.7. The zero-order valence-electron chi connectivity index (χ0n) is 34.6. The van der Waals surface area contributed by atoms with Gasteiger partial charge >= 0.3 is 34.6 Å². The Morgan fingerprint density at radius 3 is 1.03 bits per heavy atom. The summed E-state index contributed by atoms with van der Waals surface area (Å²) in [5.74, 6) is -12.3. The van der Waals surface area contributed by atoms with E-state index in [1.807, 2.05) is 0 Å². The third kappa shape index (κ3) is 21.8. The SMILES string of the molecule is CCCCCCCCOc1cccc(I)c1-c1ccccc1.CCCCCCCCOc1cccc(I)c1-c1ccccc1.FC(F)(F)C(F)(F)C(F)(F)C(F)(F)F.O=S(=O)(O)O. The molecule has 0 atom stereocenters. The van der Waals surface area contributed by atoms with Gasteiger partial charge in [-0.25, -0.2) is 0 Å². The number of rotatable bonds is 19. The Kier molecular flexibility index (Phi) is 26.7. The van der Waals surface area contributed by atoms with Crippen LogP contribution in [0, 0.1) is 7.14 Å². The minimum Gasteiger partial charge on any atom is -0.493 e. The van der Waals surface area contributed by atoms with Gasteiger partial charge < -0.3 is 9.47 Å². The molecule has 0 amide bonds. The van der Waals surface area contributed by atoms with Crippen molar-refractivity contribution in [1.29, 1.82) is 0 Å². The van der Waals surface area contributed by atoms with E-state index in [1.54, 1.807) is 0 Å². The van der Waals surface area contributed by atoms with Crippen LogP contribution < -0.4 is 9.47 Å². The molecule has 0 saturated carbocycles. The van der Waals surface area contributed by atoms with Crippen molar-refractivity contribution in [3.63, 3.8) is 0 Å². The van der Waals surface area contributed by atoms with Crippen LogP contribution in [0.15, 0.2) is 97.1 Å². The number of alkyl halides is 10. The number of ether oxygens (including phenoxy) is 2. The molecule has 4 aromatic carbocycles. The van der Waals surface area contributed by atoms with Gasteiger partial charge in [-0.05, 0) is 93.4 Å². The van der Waals surface area contributed by atoms with Crippen molar-refractivity contribution in [2.75, 3.05) is 13.2 Å². The highest BCUT2D eigenvalue weighted by Crippen LogP contribution is 2.53. The van der Waals surface area contributed by atoms with Gasteiger partial charge in [0.05, 0.1) is 13.2 Å². The Bertz CT molecular complexity index is 1840. The number of benzene rings is 4. The topological polar surface area (TPSA) is 93.1 Å². The van der Waals surface area contributed by atoms with Crippen molar-refractivity contribution in [2.24, 2.45) is 0 Å². The number of halogens is 12. The van der Waals surface area contributed by atoms with Crippen LogP contribution in [0.25, 0.3) is 22.3 Å². The third-order valence-electron chi connectivity index (χ3n) is 8.69. The van der Waals surface area contributed by atoms with E-state index in [0.717, 1.165) is 37.6 Å². The van der Waals surface area contributed by atoms with Crippen molar-refractivity contribution < 1.29 is 70.9 Å². The molecule has 0 radical (unpaired) electrons. The fourth-order valence-corrected chi connectivity index (χ4v) is 7.07. The molecule has 63 heavy (non-hydrogen) atoms. The molecule has 0 saturated heterocycles. The van der Waals surface area contributed by atoms with Gasteiger partial charge in [-0.2, -0.15) is 52.3 Å². The molecule has 0 spiro atoms. The molecular weight excluding hydrogens is 1100 g/mol. The molecule has 0 aliphatic carbocycles. The summed E-state index contributed by atoms with van der Waals surface area (Å²) < 4.78 is 159. The minimum atomic E-state index is -7.14. The van der Waals surface area contributed by atoms with E-state index in [-0.39, 0.29) is 0 Å². The van der Waals surface area contributed by atoms with Crippen LogP contribution in [0.1, 0.15) is 90.9 Å². The quantitative estimate of drug-likeness (QED) is 0.0421. The van der Waals surface area contributed by atoms with Gasteiger partial charge in [0.1, 0.15) is 11.5 Å². The van der Waals surface area contributed by atoms with Gasteiger partial charge in [-0.1, -0.05) is 151 Å². The first-order valence-corrected chi connectivity index (χ1v) is 23.5. The van der Waals surface area contributed by atoms with Crippen molar-refractivity contribution in [3.8, 4) is 33.8 Å². The van der Waals surface area contributed by atoms with Gasteiger partial charge in [0.2, 0.25) is 0 Å². The zero-order valence-corrected chi connectivity index (χ0v) is 39.7. The lowest BCUT2D eigenvalue weighted by atomic mass is 10.0. The second kappa shape index (κ2) is 28.9. The number of hydrogen-bond acceptors (Lipinski definition) is 4. The van der Waals surface area contributed by atoms with E-state index < -0.39 is 34.6 Å².